The van der Waals surface area contributed by atoms with Crippen molar-refractivity contribution in [3.05, 3.63) is 47.1 Å². The van der Waals surface area contributed by atoms with Crippen molar-refractivity contribution < 1.29 is 0 Å². The normalized spacial score (nSPS) is 12.4. The van der Waals surface area contributed by atoms with Crippen LogP contribution in [0.4, 0.5) is 11.4 Å². The third-order valence-electron chi connectivity index (χ3n) is 6.45. The van der Waals surface area contributed by atoms with Crippen LogP contribution in [0.5, 0.6) is 0 Å². The SMILES string of the molecule is CC=CC=Nc1cc(N=CC=CC)c(CCCCCC)c(CCCCCC)c1CCCCCC. The highest BCUT2D eigenvalue weighted by atomic mass is 14.8. The summed E-state index contributed by atoms with van der Waals surface area (Å²) in [5, 5.41) is 0. The van der Waals surface area contributed by atoms with Gasteiger partial charge in [0.15, 0.2) is 0 Å². The Morgan fingerprint density at radius 3 is 1.26 bits per heavy atom. The quantitative estimate of drug-likeness (QED) is 0.144. The first-order chi connectivity index (χ1) is 16.7. The molecule has 0 bridgehead atoms. The first-order valence-corrected chi connectivity index (χ1v) is 14.2. The predicted octanol–water partition coefficient (Wildman–Crippen LogP) is 10.6. The number of nitrogens with zero attached hydrogens (tertiary/aromatic N) is 2. The van der Waals surface area contributed by atoms with Gasteiger partial charge in [0, 0.05) is 12.4 Å². The molecule has 0 fully saturated rings. The van der Waals surface area contributed by atoms with E-state index in [9.17, 15) is 0 Å². The van der Waals surface area contributed by atoms with Gasteiger partial charge in [0.1, 0.15) is 0 Å². The second-order valence-corrected chi connectivity index (χ2v) is 9.39. The van der Waals surface area contributed by atoms with Gasteiger partial charge in [0.25, 0.3) is 0 Å². The Hall–Kier alpha value is -1.96. The topological polar surface area (TPSA) is 24.7 Å². The predicted molar refractivity (Wildman–Crippen MR) is 156 cm³/mol. The average Bonchev–Trinajstić information content (AvgIpc) is 2.84. The zero-order valence-corrected chi connectivity index (χ0v) is 23.0. The molecule has 0 saturated heterocycles. The van der Waals surface area contributed by atoms with Crippen LogP contribution in [0.2, 0.25) is 0 Å². The molecule has 0 unspecified atom stereocenters. The standard InChI is InChI=1S/C32H52N2/c1-6-11-16-19-22-28-29(23-20-17-12-7-2)31(33-25-14-9-4)27-32(34-26-15-10-5)30(28)24-21-18-13-8-3/h9-10,14-15,25-27H,6-8,11-13,16-24H2,1-5H3. The summed E-state index contributed by atoms with van der Waals surface area (Å²) in [5.74, 6) is 0. The summed E-state index contributed by atoms with van der Waals surface area (Å²) in [6.45, 7) is 11.0. The molecule has 1 aromatic carbocycles. The van der Waals surface area contributed by atoms with Gasteiger partial charge in [-0.05, 0) is 87.3 Å². The van der Waals surface area contributed by atoms with E-state index in [4.69, 9.17) is 9.98 Å². The maximum atomic E-state index is 4.94. The van der Waals surface area contributed by atoms with Crippen LogP contribution in [0.25, 0.3) is 0 Å². The van der Waals surface area contributed by atoms with E-state index in [-0.39, 0.29) is 0 Å². The van der Waals surface area contributed by atoms with Crippen molar-refractivity contribution in [2.45, 2.75) is 131 Å². The third kappa shape index (κ3) is 12.0. The minimum atomic E-state index is 1.13. The van der Waals surface area contributed by atoms with Crippen LogP contribution in [0.15, 0.2) is 40.4 Å². The van der Waals surface area contributed by atoms with Crippen LogP contribution in [0.1, 0.15) is 128 Å². The molecule has 0 heterocycles. The summed E-state index contributed by atoms with van der Waals surface area (Å²) in [6.07, 6.45) is 30.9. The van der Waals surface area contributed by atoms with Crippen molar-refractivity contribution >= 4 is 23.8 Å². The average molecular weight is 465 g/mol. The second kappa shape index (κ2) is 20.4. The van der Waals surface area contributed by atoms with Crippen molar-refractivity contribution in [1.82, 2.24) is 0 Å². The Morgan fingerprint density at radius 2 is 0.912 bits per heavy atom. The van der Waals surface area contributed by atoms with E-state index >= 15 is 0 Å². The lowest BCUT2D eigenvalue weighted by Crippen LogP contribution is -2.04. The second-order valence-electron chi connectivity index (χ2n) is 9.39. The molecule has 0 saturated carbocycles. The molecule has 190 valence electrons. The Balaban J connectivity index is 3.54. The molecule has 0 atom stereocenters. The number of allylic oxidation sites excluding steroid dienone is 4. The number of benzene rings is 1. The number of unbranched alkanes of at least 4 members (excludes halogenated alkanes) is 9. The molecular formula is C32H52N2. The molecule has 34 heavy (non-hydrogen) atoms. The maximum absolute atomic E-state index is 4.94. The van der Waals surface area contributed by atoms with Gasteiger partial charge in [-0.3, -0.25) is 9.98 Å². The Bertz CT molecular complexity index is 711. The molecule has 0 radical (unpaired) electrons. The van der Waals surface area contributed by atoms with E-state index in [1.54, 1.807) is 5.56 Å². The largest absolute Gasteiger partial charge is 0.257 e. The van der Waals surface area contributed by atoms with E-state index in [1.165, 1.54) is 88.2 Å². The molecule has 0 aromatic heterocycles. The molecule has 0 aliphatic heterocycles. The number of aliphatic imine (C=N–C) groups is 2. The maximum Gasteiger partial charge on any atom is 0.0686 e. The highest BCUT2D eigenvalue weighted by molar-refractivity contribution is 5.79. The van der Waals surface area contributed by atoms with Crippen molar-refractivity contribution in [3.63, 3.8) is 0 Å². The smallest absolute Gasteiger partial charge is 0.0686 e. The van der Waals surface area contributed by atoms with E-state index in [1.807, 2.05) is 50.6 Å². The summed E-state index contributed by atoms with van der Waals surface area (Å²) >= 11 is 0. The molecule has 0 spiro atoms. The molecule has 1 aromatic rings. The van der Waals surface area contributed by atoms with Gasteiger partial charge in [-0.25, -0.2) is 0 Å². The fourth-order valence-electron chi connectivity index (χ4n) is 4.49. The number of hydrogen-bond acceptors (Lipinski definition) is 2. The monoisotopic (exact) mass is 464 g/mol. The fraction of sp³-hybridized carbons (Fsp3) is 0.625. The molecule has 0 amide bonds. The summed E-state index contributed by atoms with van der Waals surface area (Å²) in [4.78, 5) is 9.87. The first kappa shape index (κ1) is 30.1. The van der Waals surface area contributed by atoms with Crippen molar-refractivity contribution in [2.75, 3.05) is 0 Å². The van der Waals surface area contributed by atoms with Crippen molar-refractivity contribution in [1.29, 1.82) is 0 Å². The van der Waals surface area contributed by atoms with E-state index in [2.05, 4.69) is 26.8 Å². The van der Waals surface area contributed by atoms with E-state index in [0.717, 1.165) is 30.6 Å². The van der Waals surface area contributed by atoms with Crippen LogP contribution >= 0.6 is 0 Å². The molecule has 0 aliphatic carbocycles. The zero-order valence-electron chi connectivity index (χ0n) is 23.0. The van der Waals surface area contributed by atoms with Gasteiger partial charge in [-0.15, -0.1) is 0 Å². The van der Waals surface area contributed by atoms with Gasteiger partial charge in [-0.2, -0.15) is 0 Å². The van der Waals surface area contributed by atoms with E-state index in [0.29, 0.717) is 0 Å². The Kier molecular flexibility index (Phi) is 18.1. The summed E-state index contributed by atoms with van der Waals surface area (Å²) in [6, 6.07) is 2.26. The van der Waals surface area contributed by atoms with Crippen LogP contribution in [-0.4, -0.2) is 12.4 Å². The lowest BCUT2D eigenvalue weighted by Gasteiger charge is -2.20. The Labute approximate surface area is 211 Å². The minimum Gasteiger partial charge on any atom is -0.257 e. The Morgan fingerprint density at radius 1 is 0.529 bits per heavy atom. The molecule has 1 rings (SSSR count). The lowest BCUT2D eigenvalue weighted by atomic mass is 9.87. The summed E-state index contributed by atoms with van der Waals surface area (Å²) in [5.41, 5.74) is 6.80. The van der Waals surface area contributed by atoms with Crippen LogP contribution in [0, 0.1) is 0 Å². The summed E-state index contributed by atoms with van der Waals surface area (Å²) < 4.78 is 0. The minimum absolute atomic E-state index is 1.13. The highest BCUT2D eigenvalue weighted by Crippen LogP contribution is 2.37. The van der Waals surface area contributed by atoms with Gasteiger partial charge in [-0.1, -0.05) is 90.7 Å². The summed E-state index contributed by atoms with van der Waals surface area (Å²) in [7, 11) is 0. The van der Waals surface area contributed by atoms with Crippen LogP contribution in [0.3, 0.4) is 0 Å². The van der Waals surface area contributed by atoms with Gasteiger partial charge < -0.3 is 0 Å². The molecular weight excluding hydrogens is 412 g/mol. The first-order valence-electron chi connectivity index (χ1n) is 14.2. The van der Waals surface area contributed by atoms with E-state index < -0.39 is 0 Å². The molecule has 2 heteroatoms. The van der Waals surface area contributed by atoms with Crippen LogP contribution in [-0.2, 0) is 19.3 Å². The zero-order chi connectivity index (χ0) is 24.9. The molecule has 0 aliphatic rings. The number of rotatable bonds is 19. The number of hydrogen-bond donors (Lipinski definition) is 0. The molecule has 2 nitrogen and oxygen atoms in total. The molecule has 0 N–H and O–H groups in total. The fourth-order valence-corrected chi connectivity index (χ4v) is 4.49. The van der Waals surface area contributed by atoms with Gasteiger partial charge in [0.05, 0.1) is 11.4 Å². The highest BCUT2D eigenvalue weighted by Gasteiger charge is 2.17. The lowest BCUT2D eigenvalue weighted by molar-refractivity contribution is 0.640. The van der Waals surface area contributed by atoms with Crippen LogP contribution < -0.4 is 0 Å². The van der Waals surface area contributed by atoms with Crippen molar-refractivity contribution in [2.24, 2.45) is 9.98 Å². The van der Waals surface area contributed by atoms with Gasteiger partial charge >= 0.3 is 0 Å². The van der Waals surface area contributed by atoms with Crippen molar-refractivity contribution in [3.8, 4) is 0 Å². The van der Waals surface area contributed by atoms with Gasteiger partial charge in [0.2, 0.25) is 0 Å². The third-order valence-corrected chi connectivity index (χ3v) is 6.45.